The molecule has 0 bridgehead atoms. The van der Waals surface area contributed by atoms with Crippen LogP contribution in [-0.4, -0.2) is 12.3 Å². The zero-order valence-electron chi connectivity index (χ0n) is 10.4. The summed E-state index contributed by atoms with van der Waals surface area (Å²) in [6, 6.07) is 11.5. The van der Waals surface area contributed by atoms with E-state index in [0.29, 0.717) is 16.1 Å². The molecule has 2 aromatic carbocycles. The molecule has 0 heterocycles. The van der Waals surface area contributed by atoms with E-state index in [9.17, 15) is 9.18 Å². The quantitative estimate of drug-likeness (QED) is 0.853. The third-order valence-electron chi connectivity index (χ3n) is 2.76. The molecule has 98 valence electrons. The number of carbonyl (C=O) groups is 1. The minimum atomic E-state index is -0.306. The maximum absolute atomic E-state index is 13.1. The molecular weight excluding hydrogens is 265 g/mol. The number of aryl methyl sites for hydroxylation is 1. The first-order chi connectivity index (χ1) is 9.06. The second-order valence-corrected chi connectivity index (χ2v) is 4.69. The molecule has 0 atom stereocenters. The minimum absolute atomic E-state index is 0.0944. The molecule has 0 aliphatic heterocycles. The lowest BCUT2D eigenvalue weighted by Crippen LogP contribution is -2.14. The second kappa shape index (κ2) is 5.85. The average molecular weight is 278 g/mol. The van der Waals surface area contributed by atoms with Gasteiger partial charge in [0.05, 0.1) is 6.54 Å². The van der Waals surface area contributed by atoms with Gasteiger partial charge in [0.25, 0.3) is 0 Å². The Bertz CT molecular complexity index is 613. The van der Waals surface area contributed by atoms with Gasteiger partial charge in [0.2, 0.25) is 0 Å². The third-order valence-corrected chi connectivity index (χ3v) is 2.99. The molecule has 4 heteroatoms. The number of ketones is 1. The van der Waals surface area contributed by atoms with Crippen molar-refractivity contribution >= 4 is 23.1 Å². The molecular formula is C15H13ClFNO. The summed E-state index contributed by atoms with van der Waals surface area (Å²) >= 11 is 5.85. The van der Waals surface area contributed by atoms with E-state index in [0.717, 1.165) is 5.69 Å². The fourth-order valence-corrected chi connectivity index (χ4v) is 1.89. The van der Waals surface area contributed by atoms with Crippen LogP contribution >= 0.6 is 11.6 Å². The zero-order chi connectivity index (χ0) is 13.8. The van der Waals surface area contributed by atoms with Crippen molar-refractivity contribution in [1.29, 1.82) is 0 Å². The Morgan fingerprint density at radius 2 is 2.05 bits per heavy atom. The first kappa shape index (κ1) is 13.6. The summed E-state index contributed by atoms with van der Waals surface area (Å²) in [7, 11) is 0. The number of hydrogen-bond donors (Lipinski definition) is 1. The number of Topliss-reactive ketones (excluding diaryl/α,β-unsaturated/α-hetero) is 1. The maximum Gasteiger partial charge on any atom is 0.181 e. The predicted octanol–water partition coefficient (Wildman–Crippen LogP) is 4.08. The summed E-state index contributed by atoms with van der Waals surface area (Å²) in [5, 5.41) is 3.60. The number of nitrogens with one attached hydrogen (secondary N) is 1. The lowest BCUT2D eigenvalue weighted by molar-refractivity contribution is 0.101. The molecule has 0 spiro atoms. The molecule has 1 N–H and O–H groups in total. The van der Waals surface area contributed by atoms with Crippen molar-refractivity contribution in [2.75, 3.05) is 11.9 Å². The molecule has 0 aliphatic carbocycles. The Morgan fingerprint density at radius 1 is 1.26 bits per heavy atom. The molecule has 0 fully saturated rings. The highest BCUT2D eigenvalue weighted by atomic mass is 35.5. The molecule has 2 nitrogen and oxygen atoms in total. The number of rotatable bonds is 4. The molecule has 19 heavy (non-hydrogen) atoms. The SMILES string of the molecule is Cc1cc(C(=O)CNc2cccc(Cl)c2)ccc1F. The van der Waals surface area contributed by atoms with Gasteiger partial charge in [-0.25, -0.2) is 4.39 Å². The smallest absolute Gasteiger partial charge is 0.181 e. The Balaban J connectivity index is 2.03. The standard InChI is InChI=1S/C15H13ClFNO/c1-10-7-11(5-6-14(10)17)15(19)9-18-13-4-2-3-12(16)8-13/h2-8,18H,9H2,1H3. The predicted molar refractivity (Wildman–Crippen MR) is 75.4 cm³/mol. The van der Waals surface area contributed by atoms with E-state index < -0.39 is 0 Å². The summed E-state index contributed by atoms with van der Waals surface area (Å²) in [5.41, 5.74) is 1.74. The van der Waals surface area contributed by atoms with Crippen LogP contribution in [0.2, 0.25) is 5.02 Å². The van der Waals surface area contributed by atoms with E-state index in [-0.39, 0.29) is 18.1 Å². The van der Waals surface area contributed by atoms with Crippen LogP contribution < -0.4 is 5.32 Å². The van der Waals surface area contributed by atoms with Crippen molar-refractivity contribution in [3.05, 3.63) is 64.4 Å². The molecule has 0 saturated carbocycles. The molecule has 0 aromatic heterocycles. The Hall–Kier alpha value is -1.87. The van der Waals surface area contributed by atoms with E-state index in [4.69, 9.17) is 11.6 Å². The van der Waals surface area contributed by atoms with Gasteiger partial charge in [-0.15, -0.1) is 0 Å². The normalized spacial score (nSPS) is 10.3. The first-order valence-electron chi connectivity index (χ1n) is 5.85. The summed E-state index contributed by atoms with van der Waals surface area (Å²) in [6.45, 7) is 1.78. The summed E-state index contributed by atoms with van der Waals surface area (Å²) < 4.78 is 13.1. The van der Waals surface area contributed by atoms with Crippen LogP contribution in [0.4, 0.5) is 10.1 Å². The van der Waals surface area contributed by atoms with Crippen LogP contribution in [0, 0.1) is 12.7 Å². The topological polar surface area (TPSA) is 29.1 Å². The Labute approximate surface area is 116 Å². The van der Waals surface area contributed by atoms with Crippen molar-refractivity contribution in [3.8, 4) is 0 Å². The molecule has 0 aliphatic rings. The van der Waals surface area contributed by atoms with Gasteiger partial charge >= 0.3 is 0 Å². The molecule has 0 unspecified atom stereocenters. The zero-order valence-corrected chi connectivity index (χ0v) is 11.2. The first-order valence-corrected chi connectivity index (χ1v) is 6.23. The van der Waals surface area contributed by atoms with Crippen LogP contribution in [0.1, 0.15) is 15.9 Å². The van der Waals surface area contributed by atoms with E-state index in [1.54, 1.807) is 31.2 Å². The Kier molecular flexibility index (Phi) is 4.17. The number of anilines is 1. The fraction of sp³-hybridized carbons (Fsp3) is 0.133. The number of carbonyl (C=O) groups excluding carboxylic acids is 1. The minimum Gasteiger partial charge on any atom is -0.378 e. The molecule has 0 amide bonds. The largest absolute Gasteiger partial charge is 0.378 e. The lowest BCUT2D eigenvalue weighted by Gasteiger charge is -2.07. The van der Waals surface area contributed by atoms with Crippen LogP contribution in [0.5, 0.6) is 0 Å². The molecule has 2 aromatic rings. The monoisotopic (exact) mass is 277 g/mol. The van der Waals surface area contributed by atoms with Gasteiger partial charge in [-0.05, 0) is 48.9 Å². The number of hydrogen-bond acceptors (Lipinski definition) is 2. The van der Waals surface area contributed by atoms with Crippen LogP contribution in [0.3, 0.4) is 0 Å². The summed E-state index contributed by atoms with van der Waals surface area (Å²) in [5.74, 6) is -0.401. The maximum atomic E-state index is 13.1. The van der Waals surface area contributed by atoms with Gasteiger partial charge in [-0.3, -0.25) is 4.79 Å². The molecule has 0 saturated heterocycles. The van der Waals surface area contributed by atoms with E-state index in [2.05, 4.69) is 5.32 Å². The average Bonchev–Trinajstić information content (AvgIpc) is 2.39. The lowest BCUT2D eigenvalue weighted by atomic mass is 10.1. The molecule has 2 rings (SSSR count). The van der Waals surface area contributed by atoms with Crippen LogP contribution in [0.15, 0.2) is 42.5 Å². The fourth-order valence-electron chi connectivity index (χ4n) is 1.70. The summed E-state index contributed by atoms with van der Waals surface area (Å²) in [6.07, 6.45) is 0. The van der Waals surface area contributed by atoms with Gasteiger partial charge in [0.15, 0.2) is 5.78 Å². The Morgan fingerprint density at radius 3 is 2.74 bits per heavy atom. The van der Waals surface area contributed by atoms with Crippen molar-refractivity contribution in [1.82, 2.24) is 0 Å². The van der Waals surface area contributed by atoms with E-state index in [1.807, 2.05) is 6.07 Å². The van der Waals surface area contributed by atoms with Crippen molar-refractivity contribution in [3.63, 3.8) is 0 Å². The van der Waals surface area contributed by atoms with E-state index >= 15 is 0 Å². The van der Waals surface area contributed by atoms with Crippen molar-refractivity contribution in [2.45, 2.75) is 6.92 Å². The highest BCUT2D eigenvalue weighted by Crippen LogP contribution is 2.15. The summed E-state index contributed by atoms with van der Waals surface area (Å²) in [4.78, 5) is 11.9. The number of benzene rings is 2. The van der Waals surface area contributed by atoms with Crippen LogP contribution in [-0.2, 0) is 0 Å². The highest BCUT2D eigenvalue weighted by Gasteiger charge is 2.07. The third kappa shape index (κ3) is 3.55. The van der Waals surface area contributed by atoms with Gasteiger partial charge in [0.1, 0.15) is 5.82 Å². The second-order valence-electron chi connectivity index (χ2n) is 4.25. The van der Waals surface area contributed by atoms with Gasteiger partial charge in [-0.1, -0.05) is 17.7 Å². The highest BCUT2D eigenvalue weighted by molar-refractivity contribution is 6.30. The van der Waals surface area contributed by atoms with Crippen molar-refractivity contribution < 1.29 is 9.18 Å². The van der Waals surface area contributed by atoms with Gasteiger partial charge in [0, 0.05) is 16.3 Å². The van der Waals surface area contributed by atoms with Gasteiger partial charge in [-0.2, -0.15) is 0 Å². The number of halogens is 2. The molecule has 0 radical (unpaired) electrons. The van der Waals surface area contributed by atoms with Gasteiger partial charge < -0.3 is 5.32 Å². The van der Waals surface area contributed by atoms with Crippen LogP contribution in [0.25, 0.3) is 0 Å². The van der Waals surface area contributed by atoms with E-state index in [1.165, 1.54) is 12.1 Å². The van der Waals surface area contributed by atoms with Crippen molar-refractivity contribution in [2.24, 2.45) is 0 Å².